The zero-order valence-corrected chi connectivity index (χ0v) is 8.51. The van der Waals surface area contributed by atoms with E-state index >= 15 is 0 Å². The standard InChI is InChI=1S/C10H20N2O/c1-2-3-8-12-9-7-11-6-4-5-10(12)13/h11H,2-9H2,1H3. The summed E-state index contributed by atoms with van der Waals surface area (Å²) < 4.78 is 0. The second kappa shape index (κ2) is 5.97. The number of amides is 1. The topological polar surface area (TPSA) is 32.3 Å². The summed E-state index contributed by atoms with van der Waals surface area (Å²) in [6.07, 6.45) is 4.00. The molecule has 0 bridgehead atoms. The van der Waals surface area contributed by atoms with Crippen LogP contribution in [-0.4, -0.2) is 37.0 Å². The van der Waals surface area contributed by atoms with E-state index in [2.05, 4.69) is 12.2 Å². The van der Waals surface area contributed by atoms with Crippen molar-refractivity contribution in [1.82, 2.24) is 10.2 Å². The number of carbonyl (C=O) groups is 1. The zero-order chi connectivity index (χ0) is 9.52. The summed E-state index contributed by atoms with van der Waals surface area (Å²) in [4.78, 5) is 13.6. The Morgan fingerprint density at radius 2 is 2.31 bits per heavy atom. The zero-order valence-electron chi connectivity index (χ0n) is 8.51. The third-order valence-electron chi connectivity index (χ3n) is 2.44. The molecule has 0 spiro atoms. The second-order valence-electron chi connectivity index (χ2n) is 3.59. The average Bonchev–Trinajstić information content (AvgIpc) is 2.11. The Balaban J connectivity index is 2.32. The van der Waals surface area contributed by atoms with Crippen molar-refractivity contribution in [3.05, 3.63) is 0 Å². The maximum atomic E-state index is 11.6. The lowest BCUT2D eigenvalue weighted by Crippen LogP contribution is -2.40. The van der Waals surface area contributed by atoms with Gasteiger partial charge >= 0.3 is 0 Å². The maximum Gasteiger partial charge on any atom is 0.222 e. The van der Waals surface area contributed by atoms with E-state index in [1.807, 2.05) is 4.90 Å². The molecule has 1 fully saturated rings. The molecule has 76 valence electrons. The highest BCUT2D eigenvalue weighted by Gasteiger charge is 2.13. The predicted molar refractivity (Wildman–Crippen MR) is 53.6 cm³/mol. The number of carbonyl (C=O) groups excluding carboxylic acids is 1. The third-order valence-corrected chi connectivity index (χ3v) is 2.44. The highest BCUT2D eigenvalue weighted by atomic mass is 16.2. The van der Waals surface area contributed by atoms with Gasteiger partial charge in [0.15, 0.2) is 0 Å². The van der Waals surface area contributed by atoms with Crippen LogP contribution in [0.1, 0.15) is 32.6 Å². The van der Waals surface area contributed by atoms with E-state index in [0.717, 1.165) is 51.9 Å². The molecule has 0 atom stereocenters. The molecular formula is C10H20N2O. The smallest absolute Gasteiger partial charge is 0.222 e. The molecule has 3 nitrogen and oxygen atoms in total. The summed E-state index contributed by atoms with van der Waals surface area (Å²) in [5, 5.41) is 3.32. The summed E-state index contributed by atoms with van der Waals surface area (Å²) >= 11 is 0. The monoisotopic (exact) mass is 184 g/mol. The summed E-state index contributed by atoms with van der Waals surface area (Å²) in [5.74, 6) is 0.343. The molecule has 1 heterocycles. The predicted octanol–water partition coefficient (Wildman–Crippen LogP) is 0.998. The van der Waals surface area contributed by atoms with Gasteiger partial charge in [-0.1, -0.05) is 13.3 Å². The fraction of sp³-hybridized carbons (Fsp3) is 0.900. The van der Waals surface area contributed by atoms with Crippen LogP contribution in [-0.2, 0) is 4.79 Å². The van der Waals surface area contributed by atoms with Crippen molar-refractivity contribution >= 4 is 5.91 Å². The number of nitrogens with one attached hydrogen (secondary N) is 1. The van der Waals surface area contributed by atoms with Gasteiger partial charge in [-0.3, -0.25) is 4.79 Å². The van der Waals surface area contributed by atoms with E-state index in [1.54, 1.807) is 0 Å². The molecule has 0 saturated carbocycles. The van der Waals surface area contributed by atoms with Crippen LogP contribution < -0.4 is 5.32 Å². The molecule has 1 aliphatic rings. The Labute approximate surface area is 80.5 Å². The number of nitrogens with zero attached hydrogens (tertiary/aromatic N) is 1. The van der Waals surface area contributed by atoms with Crippen LogP contribution in [0.15, 0.2) is 0 Å². The molecule has 0 aromatic carbocycles. The lowest BCUT2D eigenvalue weighted by atomic mass is 10.2. The van der Waals surface area contributed by atoms with Gasteiger partial charge in [0.25, 0.3) is 0 Å². The molecule has 0 radical (unpaired) electrons. The van der Waals surface area contributed by atoms with Crippen molar-refractivity contribution in [2.45, 2.75) is 32.6 Å². The van der Waals surface area contributed by atoms with Crippen molar-refractivity contribution in [2.24, 2.45) is 0 Å². The molecule has 1 N–H and O–H groups in total. The Hall–Kier alpha value is -0.570. The quantitative estimate of drug-likeness (QED) is 0.709. The first-order chi connectivity index (χ1) is 6.34. The van der Waals surface area contributed by atoms with Crippen LogP contribution in [0.25, 0.3) is 0 Å². The fourth-order valence-corrected chi connectivity index (χ4v) is 1.57. The molecule has 0 unspecified atom stereocenters. The van der Waals surface area contributed by atoms with Gasteiger partial charge in [0, 0.05) is 26.1 Å². The van der Waals surface area contributed by atoms with Gasteiger partial charge in [0.2, 0.25) is 5.91 Å². The van der Waals surface area contributed by atoms with Gasteiger partial charge in [-0.25, -0.2) is 0 Å². The molecule has 1 aliphatic heterocycles. The van der Waals surface area contributed by atoms with Gasteiger partial charge in [-0.2, -0.15) is 0 Å². The lowest BCUT2D eigenvalue weighted by molar-refractivity contribution is -0.131. The molecule has 1 amide bonds. The SMILES string of the molecule is CCCCN1CCNCCCC1=O. The minimum Gasteiger partial charge on any atom is -0.341 e. The van der Waals surface area contributed by atoms with Crippen LogP contribution in [0, 0.1) is 0 Å². The molecule has 1 saturated heterocycles. The Morgan fingerprint density at radius 1 is 1.46 bits per heavy atom. The minimum atomic E-state index is 0.343. The van der Waals surface area contributed by atoms with Crippen molar-refractivity contribution in [1.29, 1.82) is 0 Å². The van der Waals surface area contributed by atoms with E-state index in [0.29, 0.717) is 5.91 Å². The first-order valence-corrected chi connectivity index (χ1v) is 5.33. The Morgan fingerprint density at radius 3 is 3.08 bits per heavy atom. The van der Waals surface area contributed by atoms with E-state index in [-0.39, 0.29) is 0 Å². The van der Waals surface area contributed by atoms with Crippen LogP contribution >= 0.6 is 0 Å². The summed E-state index contributed by atoms with van der Waals surface area (Å²) in [6.45, 7) is 5.94. The third kappa shape index (κ3) is 3.77. The van der Waals surface area contributed by atoms with Crippen molar-refractivity contribution in [2.75, 3.05) is 26.2 Å². The van der Waals surface area contributed by atoms with Crippen LogP contribution in [0.3, 0.4) is 0 Å². The number of hydrogen-bond donors (Lipinski definition) is 1. The highest BCUT2D eigenvalue weighted by Crippen LogP contribution is 2.02. The summed E-state index contributed by atoms with van der Waals surface area (Å²) in [5.41, 5.74) is 0. The van der Waals surface area contributed by atoms with Gasteiger partial charge in [-0.05, 0) is 19.4 Å². The normalized spacial score (nSPS) is 19.8. The van der Waals surface area contributed by atoms with E-state index in [4.69, 9.17) is 0 Å². The molecule has 1 rings (SSSR count). The van der Waals surface area contributed by atoms with Crippen molar-refractivity contribution in [3.8, 4) is 0 Å². The van der Waals surface area contributed by atoms with Crippen molar-refractivity contribution < 1.29 is 4.79 Å². The number of rotatable bonds is 3. The fourth-order valence-electron chi connectivity index (χ4n) is 1.57. The Kier molecular flexibility index (Phi) is 4.83. The average molecular weight is 184 g/mol. The molecule has 0 aromatic heterocycles. The molecule has 0 aromatic rings. The maximum absolute atomic E-state index is 11.6. The first kappa shape index (κ1) is 10.5. The molecular weight excluding hydrogens is 164 g/mol. The van der Waals surface area contributed by atoms with Crippen LogP contribution in [0.2, 0.25) is 0 Å². The van der Waals surface area contributed by atoms with E-state index in [9.17, 15) is 4.79 Å². The van der Waals surface area contributed by atoms with Gasteiger partial charge in [-0.15, -0.1) is 0 Å². The van der Waals surface area contributed by atoms with E-state index in [1.165, 1.54) is 0 Å². The highest BCUT2D eigenvalue weighted by molar-refractivity contribution is 5.76. The number of hydrogen-bond acceptors (Lipinski definition) is 2. The number of unbranched alkanes of at least 4 members (excludes halogenated alkanes) is 1. The molecule has 3 heteroatoms. The van der Waals surface area contributed by atoms with Crippen molar-refractivity contribution in [3.63, 3.8) is 0 Å². The lowest BCUT2D eigenvalue weighted by Gasteiger charge is -2.25. The van der Waals surface area contributed by atoms with Gasteiger partial charge < -0.3 is 10.2 Å². The molecule has 13 heavy (non-hydrogen) atoms. The van der Waals surface area contributed by atoms with Gasteiger partial charge in [0.1, 0.15) is 0 Å². The Bertz CT molecular complexity index is 157. The largest absolute Gasteiger partial charge is 0.341 e. The minimum absolute atomic E-state index is 0.343. The molecule has 0 aliphatic carbocycles. The van der Waals surface area contributed by atoms with E-state index < -0.39 is 0 Å². The summed E-state index contributed by atoms with van der Waals surface area (Å²) in [6, 6.07) is 0. The van der Waals surface area contributed by atoms with Gasteiger partial charge in [0.05, 0.1) is 0 Å². The first-order valence-electron chi connectivity index (χ1n) is 5.33. The second-order valence-corrected chi connectivity index (χ2v) is 3.59. The summed E-state index contributed by atoms with van der Waals surface area (Å²) in [7, 11) is 0. The van der Waals surface area contributed by atoms with Crippen LogP contribution in [0.4, 0.5) is 0 Å². The van der Waals surface area contributed by atoms with Crippen LogP contribution in [0.5, 0.6) is 0 Å².